The van der Waals surface area contributed by atoms with Crippen molar-refractivity contribution in [2.24, 2.45) is 0 Å². The molecule has 2 aromatic rings. The van der Waals surface area contributed by atoms with Gasteiger partial charge in [-0.2, -0.15) is 0 Å². The van der Waals surface area contributed by atoms with Gasteiger partial charge in [-0.05, 0) is 43.7 Å². The summed E-state index contributed by atoms with van der Waals surface area (Å²) in [6.45, 7) is 3.69. The van der Waals surface area contributed by atoms with E-state index in [0.717, 1.165) is 23.0 Å². The third-order valence-electron chi connectivity index (χ3n) is 2.97. The number of aryl methyl sites for hydroxylation is 1. The first-order valence-corrected chi connectivity index (χ1v) is 5.85. The maximum Gasteiger partial charge on any atom is 0.328 e. The van der Waals surface area contributed by atoms with Crippen LogP contribution in [0.3, 0.4) is 0 Å². The lowest BCUT2D eigenvalue weighted by Gasteiger charge is -2.10. The summed E-state index contributed by atoms with van der Waals surface area (Å²) in [5.74, 6) is -1.31. The molecule has 4 heteroatoms. The van der Waals surface area contributed by atoms with Crippen LogP contribution in [0.4, 0.5) is 4.39 Å². The van der Waals surface area contributed by atoms with Crippen LogP contribution < -0.4 is 0 Å². The van der Waals surface area contributed by atoms with Crippen molar-refractivity contribution < 1.29 is 14.3 Å². The molecule has 0 bridgehead atoms. The van der Waals surface area contributed by atoms with Crippen molar-refractivity contribution in [1.82, 2.24) is 4.57 Å². The first-order chi connectivity index (χ1) is 9.00. The van der Waals surface area contributed by atoms with Crippen molar-refractivity contribution in [3.63, 3.8) is 0 Å². The van der Waals surface area contributed by atoms with Crippen molar-refractivity contribution in [3.05, 3.63) is 59.2 Å². The van der Waals surface area contributed by atoms with Gasteiger partial charge in [0, 0.05) is 17.5 Å². The number of para-hydroxylation sites is 1. The molecule has 1 aromatic heterocycles. The van der Waals surface area contributed by atoms with Crippen LogP contribution in [0.5, 0.6) is 0 Å². The van der Waals surface area contributed by atoms with E-state index < -0.39 is 5.97 Å². The van der Waals surface area contributed by atoms with E-state index in [-0.39, 0.29) is 5.82 Å². The zero-order chi connectivity index (χ0) is 14.0. The fourth-order valence-electron chi connectivity index (χ4n) is 2.12. The van der Waals surface area contributed by atoms with Crippen LogP contribution in [-0.4, -0.2) is 15.6 Å². The first kappa shape index (κ1) is 13.1. The Kier molecular flexibility index (Phi) is 3.51. The van der Waals surface area contributed by atoms with Crippen molar-refractivity contribution >= 4 is 12.0 Å². The number of nitrogens with zero attached hydrogens (tertiary/aromatic N) is 1. The van der Waals surface area contributed by atoms with Gasteiger partial charge >= 0.3 is 5.97 Å². The predicted molar refractivity (Wildman–Crippen MR) is 71.9 cm³/mol. The SMILES string of the molecule is Cc1cc(C=CC(=O)O)c(C)n1-c1ccccc1F. The second-order valence-electron chi connectivity index (χ2n) is 4.28. The molecule has 19 heavy (non-hydrogen) atoms. The molecule has 3 nitrogen and oxygen atoms in total. The van der Waals surface area contributed by atoms with Crippen molar-refractivity contribution in [3.8, 4) is 5.69 Å². The summed E-state index contributed by atoms with van der Waals surface area (Å²) < 4.78 is 15.6. The van der Waals surface area contributed by atoms with Crippen LogP contribution in [0.1, 0.15) is 17.0 Å². The summed E-state index contributed by atoms with van der Waals surface area (Å²) >= 11 is 0. The number of rotatable bonds is 3. The average molecular weight is 259 g/mol. The largest absolute Gasteiger partial charge is 0.478 e. The molecule has 0 amide bonds. The van der Waals surface area contributed by atoms with Crippen LogP contribution in [0.15, 0.2) is 36.4 Å². The number of carbonyl (C=O) groups is 1. The number of halogens is 1. The van der Waals surface area contributed by atoms with Crippen LogP contribution in [0.2, 0.25) is 0 Å². The number of hydrogen-bond donors (Lipinski definition) is 1. The van der Waals surface area contributed by atoms with Gasteiger partial charge in [0.2, 0.25) is 0 Å². The Bertz CT molecular complexity index is 656. The van der Waals surface area contributed by atoms with Gasteiger partial charge in [0.05, 0.1) is 5.69 Å². The zero-order valence-corrected chi connectivity index (χ0v) is 10.7. The molecule has 0 saturated heterocycles. The number of hydrogen-bond acceptors (Lipinski definition) is 1. The number of carboxylic acids is 1. The molecule has 0 atom stereocenters. The minimum atomic E-state index is -1.00. The zero-order valence-electron chi connectivity index (χ0n) is 10.7. The predicted octanol–water partition coefficient (Wildman–Crippen LogP) is 3.33. The Labute approximate surface area is 110 Å². The molecule has 1 N–H and O–H groups in total. The molecule has 0 aliphatic heterocycles. The van der Waals surface area contributed by atoms with Gasteiger partial charge in [-0.25, -0.2) is 9.18 Å². The molecule has 0 radical (unpaired) electrons. The van der Waals surface area contributed by atoms with Gasteiger partial charge in [0.1, 0.15) is 5.82 Å². The third-order valence-corrected chi connectivity index (χ3v) is 2.97. The highest BCUT2D eigenvalue weighted by atomic mass is 19.1. The quantitative estimate of drug-likeness (QED) is 0.859. The molecule has 0 unspecified atom stereocenters. The van der Waals surface area contributed by atoms with Crippen molar-refractivity contribution in [2.75, 3.05) is 0 Å². The van der Waals surface area contributed by atoms with E-state index in [1.54, 1.807) is 22.8 Å². The van der Waals surface area contributed by atoms with E-state index in [0.29, 0.717) is 5.69 Å². The van der Waals surface area contributed by atoms with Gasteiger partial charge in [0.25, 0.3) is 0 Å². The molecule has 0 aliphatic carbocycles. The molecule has 98 valence electrons. The lowest BCUT2D eigenvalue weighted by molar-refractivity contribution is -0.131. The number of aromatic nitrogens is 1. The molecule has 0 fully saturated rings. The molecular weight excluding hydrogens is 245 g/mol. The smallest absolute Gasteiger partial charge is 0.328 e. The summed E-state index contributed by atoms with van der Waals surface area (Å²) in [4.78, 5) is 10.5. The van der Waals surface area contributed by atoms with Gasteiger partial charge in [-0.15, -0.1) is 0 Å². The normalized spacial score (nSPS) is 11.1. The molecule has 1 aromatic carbocycles. The number of aliphatic carboxylic acids is 1. The lowest BCUT2D eigenvalue weighted by Crippen LogP contribution is -2.01. The first-order valence-electron chi connectivity index (χ1n) is 5.85. The van der Waals surface area contributed by atoms with E-state index in [9.17, 15) is 9.18 Å². The second-order valence-corrected chi connectivity index (χ2v) is 4.28. The minimum Gasteiger partial charge on any atom is -0.478 e. The highest BCUT2D eigenvalue weighted by molar-refractivity contribution is 5.85. The summed E-state index contributed by atoms with van der Waals surface area (Å²) in [5, 5.41) is 8.65. The van der Waals surface area contributed by atoms with Gasteiger partial charge in [-0.1, -0.05) is 12.1 Å². The Morgan fingerprint density at radius 3 is 2.63 bits per heavy atom. The van der Waals surface area contributed by atoms with Crippen LogP contribution in [0, 0.1) is 19.7 Å². The number of benzene rings is 1. The lowest BCUT2D eigenvalue weighted by atomic mass is 10.2. The maximum atomic E-state index is 13.8. The van der Waals surface area contributed by atoms with E-state index in [1.165, 1.54) is 12.1 Å². The topological polar surface area (TPSA) is 42.2 Å². The summed E-state index contributed by atoms with van der Waals surface area (Å²) in [7, 11) is 0. The fraction of sp³-hybridized carbons (Fsp3) is 0.133. The molecular formula is C15H14FNO2. The van der Waals surface area contributed by atoms with Crippen LogP contribution in [-0.2, 0) is 4.79 Å². The Morgan fingerprint density at radius 2 is 2.00 bits per heavy atom. The average Bonchev–Trinajstić information content (AvgIpc) is 2.63. The standard InChI is InChI=1S/C15H14FNO2/c1-10-9-12(7-8-15(18)19)11(2)17(10)14-6-4-3-5-13(14)16/h3-9H,1-2H3,(H,18,19). The fourth-order valence-corrected chi connectivity index (χ4v) is 2.12. The highest BCUT2D eigenvalue weighted by Gasteiger charge is 2.11. The van der Waals surface area contributed by atoms with Gasteiger partial charge in [0.15, 0.2) is 0 Å². The second kappa shape index (κ2) is 5.10. The van der Waals surface area contributed by atoms with Gasteiger partial charge < -0.3 is 9.67 Å². The van der Waals surface area contributed by atoms with E-state index in [2.05, 4.69) is 0 Å². The molecule has 2 rings (SSSR count). The van der Waals surface area contributed by atoms with Crippen LogP contribution >= 0.6 is 0 Å². The monoisotopic (exact) mass is 259 g/mol. The van der Waals surface area contributed by atoms with E-state index in [1.807, 2.05) is 19.9 Å². The summed E-state index contributed by atoms with van der Waals surface area (Å²) in [6, 6.07) is 8.34. The maximum absolute atomic E-state index is 13.8. The molecule has 1 heterocycles. The highest BCUT2D eigenvalue weighted by Crippen LogP contribution is 2.23. The van der Waals surface area contributed by atoms with Crippen LogP contribution in [0.25, 0.3) is 11.8 Å². The molecule has 0 saturated carbocycles. The Hall–Kier alpha value is -2.36. The molecule has 0 aliphatic rings. The van der Waals surface area contributed by atoms with E-state index >= 15 is 0 Å². The Balaban J connectivity index is 2.54. The van der Waals surface area contributed by atoms with E-state index in [4.69, 9.17) is 5.11 Å². The van der Waals surface area contributed by atoms with Crippen molar-refractivity contribution in [1.29, 1.82) is 0 Å². The number of carboxylic acid groups (broad SMARTS) is 1. The summed E-state index contributed by atoms with van der Waals surface area (Å²) in [6.07, 6.45) is 2.59. The van der Waals surface area contributed by atoms with Crippen molar-refractivity contribution in [2.45, 2.75) is 13.8 Å². The summed E-state index contributed by atoms with van der Waals surface area (Å²) in [5.41, 5.74) is 2.89. The molecule has 0 spiro atoms. The Morgan fingerprint density at radius 1 is 1.32 bits per heavy atom. The van der Waals surface area contributed by atoms with Gasteiger partial charge in [-0.3, -0.25) is 0 Å². The third kappa shape index (κ3) is 2.57. The minimum absolute atomic E-state index is 0.307.